The molecule has 3 nitrogen and oxygen atoms in total. The van der Waals surface area contributed by atoms with Crippen molar-refractivity contribution in [2.45, 2.75) is 19.9 Å². The van der Waals surface area contributed by atoms with Gasteiger partial charge in [0.25, 0.3) is 0 Å². The molecule has 0 bridgehead atoms. The van der Waals surface area contributed by atoms with E-state index in [0.717, 1.165) is 40.3 Å². The summed E-state index contributed by atoms with van der Waals surface area (Å²) in [6.45, 7) is 2.84. The molecular weight excluding hydrogens is 292 g/mol. The zero-order valence-corrected chi connectivity index (χ0v) is 11.6. The van der Waals surface area contributed by atoms with Crippen LogP contribution in [0.2, 0.25) is 0 Å². The van der Waals surface area contributed by atoms with Crippen LogP contribution in [0.25, 0.3) is 11.0 Å². The smallest absolute Gasteiger partial charge is 0.169 e. The normalized spacial score (nSPS) is 11.2. The standard InChI is InChI=1S/C14H13BrN2O/c1-2-14-16-11-5-3-4-6-12(11)17(14)9-10-7-8-13(15)18-10/h3-8H,2,9H2,1H3. The molecule has 0 atom stereocenters. The molecule has 0 spiro atoms. The Kier molecular flexibility index (Phi) is 2.96. The Labute approximate surface area is 114 Å². The van der Waals surface area contributed by atoms with Crippen molar-refractivity contribution in [3.05, 3.63) is 52.7 Å². The molecule has 0 fully saturated rings. The van der Waals surface area contributed by atoms with Crippen LogP contribution >= 0.6 is 15.9 Å². The van der Waals surface area contributed by atoms with E-state index < -0.39 is 0 Å². The highest BCUT2D eigenvalue weighted by Crippen LogP contribution is 2.20. The van der Waals surface area contributed by atoms with Gasteiger partial charge < -0.3 is 8.98 Å². The van der Waals surface area contributed by atoms with E-state index in [1.807, 2.05) is 30.3 Å². The zero-order valence-electron chi connectivity index (χ0n) is 10.1. The maximum Gasteiger partial charge on any atom is 0.169 e. The maximum absolute atomic E-state index is 5.57. The van der Waals surface area contributed by atoms with Gasteiger partial charge in [-0.2, -0.15) is 0 Å². The first kappa shape index (κ1) is 11.5. The van der Waals surface area contributed by atoms with E-state index in [-0.39, 0.29) is 0 Å². The summed E-state index contributed by atoms with van der Waals surface area (Å²) in [6.07, 6.45) is 0.913. The minimum atomic E-state index is 0.718. The fourth-order valence-corrected chi connectivity index (χ4v) is 2.50. The second-order valence-electron chi connectivity index (χ2n) is 4.16. The first-order chi connectivity index (χ1) is 8.78. The van der Waals surface area contributed by atoms with Gasteiger partial charge in [-0.3, -0.25) is 0 Å². The Morgan fingerprint density at radius 3 is 2.78 bits per heavy atom. The first-order valence-corrected chi connectivity index (χ1v) is 6.75. The quantitative estimate of drug-likeness (QED) is 0.732. The fourth-order valence-electron chi connectivity index (χ4n) is 2.16. The molecule has 18 heavy (non-hydrogen) atoms. The van der Waals surface area contributed by atoms with Crippen LogP contribution in [0.4, 0.5) is 0 Å². The molecule has 0 radical (unpaired) electrons. The van der Waals surface area contributed by atoms with E-state index in [0.29, 0.717) is 0 Å². The van der Waals surface area contributed by atoms with Gasteiger partial charge in [-0.05, 0) is 40.2 Å². The molecule has 3 rings (SSSR count). The molecule has 0 aliphatic rings. The highest BCUT2D eigenvalue weighted by atomic mass is 79.9. The molecule has 0 unspecified atom stereocenters. The predicted molar refractivity (Wildman–Crippen MR) is 74.6 cm³/mol. The second-order valence-corrected chi connectivity index (χ2v) is 4.94. The third kappa shape index (κ3) is 1.97. The van der Waals surface area contributed by atoms with Gasteiger partial charge in [0, 0.05) is 6.42 Å². The summed E-state index contributed by atoms with van der Waals surface area (Å²) in [6, 6.07) is 12.1. The largest absolute Gasteiger partial charge is 0.452 e. The number of benzene rings is 1. The van der Waals surface area contributed by atoms with Crippen molar-refractivity contribution in [1.29, 1.82) is 0 Å². The lowest BCUT2D eigenvalue weighted by Crippen LogP contribution is -2.03. The van der Waals surface area contributed by atoms with Gasteiger partial charge in [-0.15, -0.1) is 0 Å². The SMILES string of the molecule is CCc1nc2ccccc2n1Cc1ccc(Br)o1. The van der Waals surface area contributed by atoms with Gasteiger partial charge in [-0.1, -0.05) is 19.1 Å². The number of fused-ring (bicyclic) bond motifs is 1. The maximum atomic E-state index is 5.57. The van der Waals surface area contributed by atoms with Crippen LogP contribution in [0, 0.1) is 0 Å². The number of aryl methyl sites for hydroxylation is 1. The third-order valence-corrected chi connectivity index (χ3v) is 3.42. The Morgan fingerprint density at radius 2 is 2.06 bits per heavy atom. The first-order valence-electron chi connectivity index (χ1n) is 5.96. The van der Waals surface area contributed by atoms with E-state index in [9.17, 15) is 0 Å². The number of nitrogens with zero attached hydrogens (tertiary/aromatic N) is 2. The molecule has 92 valence electrons. The number of para-hydroxylation sites is 2. The fraction of sp³-hybridized carbons (Fsp3) is 0.214. The Morgan fingerprint density at radius 1 is 1.22 bits per heavy atom. The van der Waals surface area contributed by atoms with Crippen molar-refractivity contribution in [3.8, 4) is 0 Å². The highest BCUT2D eigenvalue weighted by Gasteiger charge is 2.10. The molecular formula is C14H13BrN2O. The lowest BCUT2D eigenvalue weighted by atomic mass is 10.3. The lowest BCUT2D eigenvalue weighted by Gasteiger charge is -2.05. The number of halogens is 1. The van der Waals surface area contributed by atoms with Gasteiger partial charge in [0.05, 0.1) is 17.6 Å². The summed E-state index contributed by atoms with van der Waals surface area (Å²) in [5.74, 6) is 2.02. The van der Waals surface area contributed by atoms with Crippen LogP contribution < -0.4 is 0 Å². The Bertz CT molecular complexity index is 684. The minimum Gasteiger partial charge on any atom is -0.452 e. The predicted octanol–water partition coefficient (Wildman–Crippen LogP) is 4.00. The van der Waals surface area contributed by atoms with E-state index in [1.54, 1.807) is 0 Å². The number of rotatable bonds is 3. The monoisotopic (exact) mass is 304 g/mol. The second kappa shape index (κ2) is 4.61. The van der Waals surface area contributed by atoms with Crippen molar-refractivity contribution in [3.63, 3.8) is 0 Å². The number of hydrogen-bond acceptors (Lipinski definition) is 2. The van der Waals surface area contributed by atoms with Crippen LogP contribution in [-0.2, 0) is 13.0 Å². The molecule has 3 aromatic rings. The summed E-state index contributed by atoms with van der Waals surface area (Å²) >= 11 is 3.33. The third-order valence-electron chi connectivity index (χ3n) is 2.99. The van der Waals surface area contributed by atoms with E-state index in [1.165, 1.54) is 0 Å². The van der Waals surface area contributed by atoms with Crippen LogP contribution in [-0.4, -0.2) is 9.55 Å². The van der Waals surface area contributed by atoms with Gasteiger partial charge >= 0.3 is 0 Å². The average Bonchev–Trinajstić information content (AvgIpc) is 2.94. The summed E-state index contributed by atoms with van der Waals surface area (Å²) in [4.78, 5) is 4.64. The minimum absolute atomic E-state index is 0.718. The molecule has 0 aliphatic carbocycles. The van der Waals surface area contributed by atoms with Crippen LogP contribution in [0.15, 0.2) is 45.5 Å². The zero-order chi connectivity index (χ0) is 12.5. The van der Waals surface area contributed by atoms with Crippen molar-refractivity contribution in [2.75, 3.05) is 0 Å². The van der Waals surface area contributed by atoms with Gasteiger partial charge in [-0.25, -0.2) is 4.98 Å². The number of aromatic nitrogens is 2. The molecule has 1 aromatic carbocycles. The van der Waals surface area contributed by atoms with Gasteiger partial charge in [0.1, 0.15) is 11.6 Å². The molecule has 0 saturated carbocycles. The average molecular weight is 305 g/mol. The summed E-state index contributed by atoms with van der Waals surface area (Å²) < 4.78 is 8.55. The van der Waals surface area contributed by atoms with Crippen LogP contribution in [0.5, 0.6) is 0 Å². The van der Waals surface area contributed by atoms with Crippen molar-refractivity contribution in [1.82, 2.24) is 9.55 Å². The molecule has 0 N–H and O–H groups in total. The van der Waals surface area contributed by atoms with E-state index in [2.05, 4.69) is 38.5 Å². The molecule has 0 amide bonds. The van der Waals surface area contributed by atoms with E-state index >= 15 is 0 Å². The van der Waals surface area contributed by atoms with Crippen molar-refractivity contribution >= 4 is 27.0 Å². The number of hydrogen-bond donors (Lipinski definition) is 0. The molecule has 2 aromatic heterocycles. The van der Waals surface area contributed by atoms with Gasteiger partial charge in [0.2, 0.25) is 0 Å². The molecule has 4 heteroatoms. The topological polar surface area (TPSA) is 31.0 Å². The van der Waals surface area contributed by atoms with E-state index in [4.69, 9.17) is 4.42 Å². The lowest BCUT2D eigenvalue weighted by molar-refractivity contribution is 0.473. The summed E-state index contributed by atoms with van der Waals surface area (Å²) in [7, 11) is 0. The van der Waals surface area contributed by atoms with Gasteiger partial charge in [0.15, 0.2) is 4.67 Å². The molecule has 0 saturated heterocycles. The van der Waals surface area contributed by atoms with Crippen molar-refractivity contribution in [2.24, 2.45) is 0 Å². The van der Waals surface area contributed by atoms with Crippen molar-refractivity contribution < 1.29 is 4.42 Å². The van der Waals surface area contributed by atoms with Crippen LogP contribution in [0.3, 0.4) is 0 Å². The highest BCUT2D eigenvalue weighted by molar-refractivity contribution is 9.10. The summed E-state index contributed by atoms with van der Waals surface area (Å²) in [5, 5.41) is 0. The number of furan rings is 1. The summed E-state index contributed by atoms with van der Waals surface area (Å²) in [5.41, 5.74) is 2.20. The number of imidazole rings is 1. The Hall–Kier alpha value is -1.55. The van der Waals surface area contributed by atoms with Crippen LogP contribution in [0.1, 0.15) is 18.5 Å². The molecule has 2 heterocycles. The molecule has 0 aliphatic heterocycles. The Balaban J connectivity index is 2.09.